The molecule has 0 spiro atoms. The van der Waals surface area contributed by atoms with E-state index in [1.54, 1.807) is 30.3 Å². The largest absolute Gasteiger partial charge is 0.493 e. The number of halogens is 2. The van der Waals surface area contributed by atoms with Crippen LogP contribution in [0.2, 0.25) is 5.02 Å². The SMILES string of the molecule is O=CNC(=O)N[C@@H](CN1Cc2ccc(F)cc2C1=O)c1ccc(-c2cc(O)ncc2Cl)cc1. The van der Waals surface area contributed by atoms with Gasteiger partial charge < -0.3 is 15.3 Å². The molecular formula is C23H18ClFN4O4. The number of aromatic nitrogens is 1. The lowest BCUT2D eigenvalue weighted by atomic mass is 10.0. The first-order valence-corrected chi connectivity index (χ1v) is 10.3. The van der Waals surface area contributed by atoms with Crippen LogP contribution in [0.3, 0.4) is 0 Å². The minimum Gasteiger partial charge on any atom is -0.493 e. The van der Waals surface area contributed by atoms with Crippen LogP contribution in [-0.2, 0) is 11.3 Å². The highest BCUT2D eigenvalue weighted by molar-refractivity contribution is 6.33. The molecule has 168 valence electrons. The number of carbonyl (C=O) groups excluding carboxylic acids is 3. The van der Waals surface area contributed by atoms with Gasteiger partial charge in [-0.05, 0) is 28.8 Å². The van der Waals surface area contributed by atoms with Gasteiger partial charge in [0.1, 0.15) is 5.82 Å². The third-order valence-electron chi connectivity index (χ3n) is 5.31. The predicted octanol–water partition coefficient (Wildman–Crippen LogP) is 3.40. The number of hydrogen-bond acceptors (Lipinski definition) is 5. The number of amides is 4. The molecule has 1 atom stereocenters. The minimum absolute atomic E-state index is 0.0948. The molecule has 2 aromatic carbocycles. The van der Waals surface area contributed by atoms with Crippen LogP contribution in [-0.4, -0.2) is 39.9 Å². The monoisotopic (exact) mass is 468 g/mol. The van der Waals surface area contributed by atoms with Gasteiger partial charge in [0.05, 0.1) is 17.3 Å². The Kier molecular flexibility index (Phi) is 6.23. The lowest BCUT2D eigenvalue weighted by Gasteiger charge is -2.25. The van der Waals surface area contributed by atoms with Crippen LogP contribution in [0.4, 0.5) is 9.18 Å². The number of urea groups is 1. The molecule has 1 aliphatic rings. The van der Waals surface area contributed by atoms with E-state index in [0.29, 0.717) is 27.3 Å². The molecule has 0 radical (unpaired) electrons. The molecule has 4 rings (SSSR count). The van der Waals surface area contributed by atoms with Gasteiger partial charge in [0.2, 0.25) is 12.3 Å². The Hall–Kier alpha value is -3.98. The number of imide groups is 1. The third kappa shape index (κ3) is 4.78. The Morgan fingerprint density at radius 2 is 1.97 bits per heavy atom. The van der Waals surface area contributed by atoms with Gasteiger partial charge in [-0.25, -0.2) is 14.2 Å². The van der Waals surface area contributed by atoms with Crippen LogP contribution in [0.5, 0.6) is 5.88 Å². The van der Waals surface area contributed by atoms with Gasteiger partial charge in [-0.2, -0.15) is 0 Å². The summed E-state index contributed by atoms with van der Waals surface area (Å²) >= 11 is 6.18. The van der Waals surface area contributed by atoms with Crippen LogP contribution in [0.1, 0.15) is 27.5 Å². The van der Waals surface area contributed by atoms with Gasteiger partial charge in [0, 0.05) is 30.3 Å². The molecule has 0 bridgehead atoms. The van der Waals surface area contributed by atoms with E-state index in [2.05, 4.69) is 10.3 Å². The minimum atomic E-state index is -0.726. The molecule has 3 aromatic rings. The smallest absolute Gasteiger partial charge is 0.321 e. The van der Waals surface area contributed by atoms with Crippen molar-refractivity contribution in [1.82, 2.24) is 20.5 Å². The summed E-state index contributed by atoms with van der Waals surface area (Å²) in [5.41, 5.74) is 2.92. The number of fused-ring (bicyclic) bond motifs is 1. The van der Waals surface area contributed by atoms with Gasteiger partial charge >= 0.3 is 6.03 Å². The maximum absolute atomic E-state index is 13.6. The van der Waals surface area contributed by atoms with Gasteiger partial charge in [-0.1, -0.05) is 41.9 Å². The molecule has 2 heterocycles. The van der Waals surface area contributed by atoms with Crippen molar-refractivity contribution in [2.45, 2.75) is 12.6 Å². The van der Waals surface area contributed by atoms with Crippen LogP contribution in [0.25, 0.3) is 11.1 Å². The zero-order chi connectivity index (χ0) is 23.5. The normalized spacial score (nSPS) is 13.4. The van der Waals surface area contributed by atoms with Crippen molar-refractivity contribution >= 4 is 29.9 Å². The van der Waals surface area contributed by atoms with E-state index in [1.165, 1.54) is 29.3 Å². The zero-order valence-corrected chi connectivity index (χ0v) is 17.8. The van der Waals surface area contributed by atoms with E-state index in [4.69, 9.17) is 11.6 Å². The van der Waals surface area contributed by atoms with Gasteiger partial charge in [-0.15, -0.1) is 0 Å². The fourth-order valence-corrected chi connectivity index (χ4v) is 3.95. The number of nitrogens with one attached hydrogen (secondary N) is 2. The number of aromatic hydroxyl groups is 1. The summed E-state index contributed by atoms with van der Waals surface area (Å²) in [6.45, 7) is 0.365. The summed E-state index contributed by atoms with van der Waals surface area (Å²) < 4.78 is 13.6. The highest BCUT2D eigenvalue weighted by atomic mass is 35.5. The van der Waals surface area contributed by atoms with Crippen molar-refractivity contribution in [2.75, 3.05) is 6.54 Å². The summed E-state index contributed by atoms with van der Waals surface area (Å²) in [7, 11) is 0. The molecule has 10 heteroatoms. The highest BCUT2D eigenvalue weighted by Gasteiger charge is 2.30. The lowest BCUT2D eigenvalue weighted by molar-refractivity contribution is -0.108. The molecule has 0 saturated carbocycles. The number of benzene rings is 2. The van der Waals surface area contributed by atoms with Crippen molar-refractivity contribution in [1.29, 1.82) is 0 Å². The molecular weight excluding hydrogens is 451 g/mol. The topological polar surface area (TPSA) is 112 Å². The highest BCUT2D eigenvalue weighted by Crippen LogP contribution is 2.31. The Labute approximate surface area is 193 Å². The van der Waals surface area contributed by atoms with Crippen molar-refractivity contribution < 1.29 is 23.9 Å². The number of carbonyl (C=O) groups is 3. The summed E-state index contributed by atoms with van der Waals surface area (Å²) in [6, 6.07) is 11.1. The van der Waals surface area contributed by atoms with E-state index in [9.17, 15) is 23.9 Å². The molecule has 1 aromatic heterocycles. The average Bonchev–Trinajstić information content (AvgIpc) is 3.10. The summed E-state index contributed by atoms with van der Waals surface area (Å²) in [5, 5.41) is 14.7. The quantitative estimate of drug-likeness (QED) is 0.480. The van der Waals surface area contributed by atoms with Crippen LogP contribution >= 0.6 is 11.6 Å². The van der Waals surface area contributed by atoms with Crippen LogP contribution in [0.15, 0.2) is 54.7 Å². The van der Waals surface area contributed by atoms with Gasteiger partial charge in [0.15, 0.2) is 0 Å². The average molecular weight is 469 g/mol. The fraction of sp³-hybridized carbons (Fsp3) is 0.130. The zero-order valence-electron chi connectivity index (χ0n) is 17.1. The van der Waals surface area contributed by atoms with E-state index in [1.807, 2.05) is 5.32 Å². The van der Waals surface area contributed by atoms with Crippen molar-refractivity contribution in [3.8, 4) is 17.0 Å². The van der Waals surface area contributed by atoms with Crippen molar-refractivity contribution in [3.63, 3.8) is 0 Å². The Balaban J connectivity index is 1.59. The molecule has 4 amide bonds. The predicted molar refractivity (Wildman–Crippen MR) is 118 cm³/mol. The molecule has 8 nitrogen and oxygen atoms in total. The standard InChI is InChI=1S/C23H18ClFN4O4/c24-19-9-26-21(31)8-17(19)13-1-3-14(4-2-13)20(28-23(33)27-12-30)11-29-10-15-5-6-16(25)7-18(15)22(29)32/h1-9,12,20H,10-11H2,(H,26,31)(H2,27,28,30,33)/t20-/m0/s1. The Bertz CT molecular complexity index is 1240. The number of rotatable bonds is 6. The molecule has 33 heavy (non-hydrogen) atoms. The molecule has 1 aliphatic heterocycles. The van der Waals surface area contributed by atoms with E-state index in [-0.39, 0.29) is 36.9 Å². The van der Waals surface area contributed by atoms with Crippen LogP contribution in [0, 0.1) is 5.82 Å². The maximum Gasteiger partial charge on any atom is 0.321 e. The van der Waals surface area contributed by atoms with E-state index in [0.717, 1.165) is 0 Å². The first kappa shape index (κ1) is 22.2. The molecule has 0 aliphatic carbocycles. The lowest BCUT2D eigenvalue weighted by Crippen LogP contribution is -2.42. The Morgan fingerprint density at radius 3 is 2.70 bits per heavy atom. The summed E-state index contributed by atoms with van der Waals surface area (Å²) in [5.74, 6) is -1.02. The first-order valence-electron chi connectivity index (χ1n) is 9.89. The number of pyridine rings is 1. The third-order valence-corrected chi connectivity index (χ3v) is 5.62. The maximum atomic E-state index is 13.6. The molecule has 0 fully saturated rings. The van der Waals surface area contributed by atoms with Gasteiger partial charge in [0.25, 0.3) is 5.91 Å². The molecule has 0 saturated heterocycles. The van der Waals surface area contributed by atoms with E-state index >= 15 is 0 Å². The Morgan fingerprint density at radius 1 is 1.21 bits per heavy atom. The molecule has 3 N–H and O–H groups in total. The second-order valence-electron chi connectivity index (χ2n) is 7.42. The first-order chi connectivity index (χ1) is 15.9. The second-order valence-corrected chi connectivity index (χ2v) is 7.83. The molecule has 0 unspecified atom stereocenters. The van der Waals surface area contributed by atoms with Crippen molar-refractivity contribution in [3.05, 3.63) is 82.3 Å². The number of hydrogen-bond donors (Lipinski definition) is 3. The summed E-state index contributed by atoms with van der Waals surface area (Å²) in [4.78, 5) is 40.7. The second kappa shape index (κ2) is 9.25. The van der Waals surface area contributed by atoms with Crippen molar-refractivity contribution in [2.24, 2.45) is 0 Å². The van der Waals surface area contributed by atoms with E-state index < -0.39 is 17.9 Å². The fourth-order valence-electron chi connectivity index (χ4n) is 3.73. The van der Waals surface area contributed by atoms with Gasteiger partial charge in [-0.3, -0.25) is 14.9 Å². The number of nitrogens with zero attached hydrogens (tertiary/aromatic N) is 2. The summed E-state index contributed by atoms with van der Waals surface area (Å²) in [6.07, 6.45) is 1.60. The van der Waals surface area contributed by atoms with Crippen LogP contribution < -0.4 is 10.6 Å².